The van der Waals surface area contributed by atoms with Crippen molar-refractivity contribution in [3.05, 3.63) is 17.5 Å². The van der Waals surface area contributed by atoms with Crippen LogP contribution in [0.4, 0.5) is 3.89 Å². The van der Waals surface area contributed by atoms with Crippen molar-refractivity contribution in [1.29, 1.82) is 0 Å². The maximum Gasteiger partial charge on any atom is 0.302 e. The lowest BCUT2D eigenvalue weighted by Crippen LogP contribution is -2.26. The molecule has 0 spiro atoms. The Bertz CT molecular complexity index is 596. The molecule has 0 bridgehead atoms. The van der Waals surface area contributed by atoms with E-state index >= 15 is 0 Å². The average molecular weight is 289 g/mol. The Hall–Kier alpha value is -1.44. The molecule has 2 rings (SSSR count). The second kappa shape index (κ2) is 4.92. The standard InChI is InChI=1S/C11H16FN3O3S/c1-8-3-10(14(2)13-8)6-15-5-9(4-11(15)16)7-19(12,17)18/h3,9H,4-7H2,1-2H3. The second-order valence-corrected chi connectivity index (χ2v) is 6.36. The van der Waals surface area contributed by atoms with E-state index in [1.807, 2.05) is 13.0 Å². The molecule has 1 aromatic heterocycles. The van der Waals surface area contributed by atoms with Gasteiger partial charge in [0.15, 0.2) is 0 Å². The lowest BCUT2D eigenvalue weighted by atomic mass is 10.1. The number of amides is 1. The molecular formula is C11H16FN3O3S. The normalized spacial score (nSPS) is 20.3. The van der Waals surface area contributed by atoms with Crippen LogP contribution >= 0.6 is 0 Å². The van der Waals surface area contributed by atoms with Crippen LogP contribution in [0, 0.1) is 12.8 Å². The topological polar surface area (TPSA) is 72.3 Å². The summed E-state index contributed by atoms with van der Waals surface area (Å²) in [6.07, 6.45) is 0.0833. The maximum atomic E-state index is 12.6. The zero-order valence-corrected chi connectivity index (χ0v) is 11.7. The number of likely N-dealkylation sites (tertiary alicyclic amines) is 1. The third-order valence-electron chi connectivity index (χ3n) is 3.18. The van der Waals surface area contributed by atoms with Crippen LogP contribution in [0.3, 0.4) is 0 Å². The van der Waals surface area contributed by atoms with Gasteiger partial charge in [-0.05, 0) is 13.0 Å². The highest BCUT2D eigenvalue weighted by atomic mass is 32.3. The monoisotopic (exact) mass is 289 g/mol. The van der Waals surface area contributed by atoms with Gasteiger partial charge in [-0.3, -0.25) is 9.48 Å². The summed E-state index contributed by atoms with van der Waals surface area (Å²) in [6.45, 7) is 2.50. The Balaban J connectivity index is 2.03. The molecule has 1 aliphatic heterocycles. The molecule has 1 amide bonds. The minimum absolute atomic E-state index is 0.0833. The SMILES string of the molecule is Cc1cc(CN2CC(CS(=O)(=O)F)CC2=O)n(C)n1. The Kier molecular flexibility index (Phi) is 3.62. The summed E-state index contributed by atoms with van der Waals surface area (Å²) in [5.74, 6) is -1.19. The Morgan fingerprint density at radius 2 is 2.21 bits per heavy atom. The number of aryl methyl sites for hydroxylation is 2. The molecule has 19 heavy (non-hydrogen) atoms. The summed E-state index contributed by atoms with van der Waals surface area (Å²) in [5, 5.41) is 4.18. The van der Waals surface area contributed by atoms with E-state index in [4.69, 9.17) is 0 Å². The molecule has 1 saturated heterocycles. The fourth-order valence-corrected chi connectivity index (χ4v) is 3.19. The Labute approximate surface area is 111 Å². The van der Waals surface area contributed by atoms with Crippen LogP contribution in [0.2, 0.25) is 0 Å². The van der Waals surface area contributed by atoms with Crippen LogP contribution in [0.15, 0.2) is 6.07 Å². The van der Waals surface area contributed by atoms with Gasteiger partial charge in [-0.25, -0.2) is 0 Å². The van der Waals surface area contributed by atoms with Crippen LogP contribution in [-0.4, -0.2) is 41.3 Å². The molecule has 0 saturated carbocycles. The third-order valence-corrected chi connectivity index (χ3v) is 4.05. The van der Waals surface area contributed by atoms with Crippen LogP contribution in [0.25, 0.3) is 0 Å². The first kappa shape index (κ1) is 14.0. The van der Waals surface area contributed by atoms with E-state index in [1.54, 1.807) is 16.6 Å². The first-order valence-electron chi connectivity index (χ1n) is 5.94. The molecule has 1 fully saturated rings. The van der Waals surface area contributed by atoms with E-state index in [9.17, 15) is 17.1 Å². The van der Waals surface area contributed by atoms with Crippen LogP contribution < -0.4 is 0 Å². The van der Waals surface area contributed by atoms with Crippen molar-refractivity contribution in [2.24, 2.45) is 13.0 Å². The maximum absolute atomic E-state index is 12.6. The molecule has 1 aliphatic rings. The van der Waals surface area contributed by atoms with Gasteiger partial charge in [0.2, 0.25) is 5.91 Å². The third kappa shape index (κ3) is 3.52. The van der Waals surface area contributed by atoms with Crippen LogP contribution in [0.5, 0.6) is 0 Å². The van der Waals surface area contributed by atoms with Gasteiger partial charge >= 0.3 is 10.2 Å². The predicted molar refractivity (Wildman–Crippen MR) is 66.4 cm³/mol. The first-order chi connectivity index (χ1) is 8.74. The fraction of sp³-hybridized carbons (Fsp3) is 0.636. The van der Waals surface area contributed by atoms with Gasteiger partial charge < -0.3 is 4.90 Å². The zero-order chi connectivity index (χ0) is 14.2. The summed E-state index contributed by atoms with van der Waals surface area (Å²) in [7, 11) is -2.74. The number of nitrogens with zero attached hydrogens (tertiary/aromatic N) is 3. The van der Waals surface area contributed by atoms with Crippen molar-refractivity contribution in [2.75, 3.05) is 12.3 Å². The second-order valence-electron chi connectivity index (χ2n) is 4.95. The lowest BCUT2D eigenvalue weighted by Gasteiger charge is -2.16. The quantitative estimate of drug-likeness (QED) is 0.751. The molecule has 0 aliphatic carbocycles. The van der Waals surface area contributed by atoms with Crippen molar-refractivity contribution < 1.29 is 17.1 Å². The van der Waals surface area contributed by atoms with Gasteiger partial charge in [0.1, 0.15) is 0 Å². The Morgan fingerprint density at radius 3 is 2.74 bits per heavy atom. The molecule has 0 N–H and O–H groups in total. The van der Waals surface area contributed by atoms with E-state index in [2.05, 4.69) is 5.10 Å². The fourth-order valence-electron chi connectivity index (χ4n) is 2.41. The molecule has 1 atom stereocenters. The summed E-state index contributed by atoms with van der Waals surface area (Å²) in [6, 6.07) is 1.87. The molecule has 8 heteroatoms. The summed E-state index contributed by atoms with van der Waals surface area (Å²) >= 11 is 0. The molecule has 106 valence electrons. The van der Waals surface area contributed by atoms with Crippen LogP contribution in [-0.2, 0) is 28.6 Å². The van der Waals surface area contributed by atoms with E-state index in [-0.39, 0.29) is 18.9 Å². The molecule has 2 heterocycles. The number of carbonyl (C=O) groups excluding carboxylic acids is 1. The van der Waals surface area contributed by atoms with Crippen molar-refractivity contribution in [3.63, 3.8) is 0 Å². The lowest BCUT2D eigenvalue weighted by molar-refractivity contribution is -0.128. The largest absolute Gasteiger partial charge is 0.336 e. The van der Waals surface area contributed by atoms with Crippen molar-refractivity contribution in [3.8, 4) is 0 Å². The predicted octanol–water partition coefficient (Wildman–Crippen LogP) is 0.376. The van der Waals surface area contributed by atoms with Gasteiger partial charge in [-0.2, -0.15) is 13.5 Å². The number of halogens is 1. The average Bonchev–Trinajstić information content (AvgIpc) is 2.69. The van der Waals surface area contributed by atoms with Gasteiger partial charge in [-0.1, -0.05) is 0 Å². The van der Waals surface area contributed by atoms with Crippen LogP contribution in [0.1, 0.15) is 17.8 Å². The van der Waals surface area contributed by atoms with E-state index in [0.29, 0.717) is 6.54 Å². The summed E-state index contributed by atoms with van der Waals surface area (Å²) < 4.78 is 35.5. The van der Waals surface area contributed by atoms with Crippen molar-refractivity contribution in [1.82, 2.24) is 14.7 Å². The van der Waals surface area contributed by atoms with E-state index in [0.717, 1.165) is 11.4 Å². The minimum atomic E-state index is -4.53. The number of aromatic nitrogens is 2. The van der Waals surface area contributed by atoms with E-state index in [1.165, 1.54) is 0 Å². The minimum Gasteiger partial charge on any atom is -0.336 e. The number of hydrogen-bond donors (Lipinski definition) is 0. The zero-order valence-electron chi connectivity index (χ0n) is 10.8. The number of hydrogen-bond acceptors (Lipinski definition) is 4. The van der Waals surface area contributed by atoms with Gasteiger partial charge in [-0.15, -0.1) is 3.89 Å². The highest BCUT2D eigenvalue weighted by molar-refractivity contribution is 7.86. The van der Waals surface area contributed by atoms with Crippen molar-refractivity contribution in [2.45, 2.75) is 19.9 Å². The van der Waals surface area contributed by atoms with Gasteiger partial charge in [0.05, 0.1) is 23.7 Å². The van der Waals surface area contributed by atoms with Crippen molar-refractivity contribution >= 4 is 16.1 Å². The number of carbonyl (C=O) groups is 1. The summed E-state index contributed by atoms with van der Waals surface area (Å²) in [5.41, 5.74) is 1.72. The van der Waals surface area contributed by atoms with Gasteiger partial charge in [0.25, 0.3) is 0 Å². The van der Waals surface area contributed by atoms with E-state index < -0.39 is 21.9 Å². The highest BCUT2D eigenvalue weighted by Gasteiger charge is 2.33. The highest BCUT2D eigenvalue weighted by Crippen LogP contribution is 2.22. The summed E-state index contributed by atoms with van der Waals surface area (Å²) in [4.78, 5) is 13.3. The molecule has 6 nitrogen and oxygen atoms in total. The Morgan fingerprint density at radius 1 is 1.53 bits per heavy atom. The number of rotatable bonds is 4. The molecule has 0 aromatic carbocycles. The smallest absolute Gasteiger partial charge is 0.302 e. The van der Waals surface area contributed by atoms with Gasteiger partial charge in [0, 0.05) is 25.9 Å². The molecule has 0 radical (unpaired) electrons. The first-order valence-corrected chi connectivity index (χ1v) is 7.49. The molecule has 1 aromatic rings. The molecular weight excluding hydrogens is 273 g/mol. The molecule has 1 unspecified atom stereocenters.